The molecule has 0 aliphatic rings. The Morgan fingerprint density at radius 3 is 2.15 bits per heavy atom. The van der Waals surface area contributed by atoms with Gasteiger partial charge in [0.1, 0.15) is 18.2 Å². The second-order valence-electron chi connectivity index (χ2n) is 5.42. The van der Waals surface area contributed by atoms with Crippen molar-refractivity contribution in [2.45, 2.75) is 6.54 Å². The van der Waals surface area contributed by atoms with Crippen LogP contribution in [0.1, 0.15) is 10.5 Å². The van der Waals surface area contributed by atoms with Gasteiger partial charge in [-0.1, -0.05) is 12.1 Å². The summed E-state index contributed by atoms with van der Waals surface area (Å²) in [6.45, 7) is -0.149. The Balaban J connectivity index is 1.60. The van der Waals surface area contributed by atoms with Gasteiger partial charge in [-0.15, -0.1) is 0 Å². The van der Waals surface area contributed by atoms with E-state index >= 15 is 0 Å². The lowest BCUT2D eigenvalue weighted by atomic mass is 10.3. The number of aromatic nitrogens is 2. The number of amides is 2. The van der Waals surface area contributed by atoms with Crippen LogP contribution in [0.25, 0.3) is 0 Å². The van der Waals surface area contributed by atoms with Crippen molar-refractivity contribution in [1.82, 2.24) is 9.78 Å². The Morgan fingerprint density at radius 2 is 1.54 bits per heavy atom. The van der Waals surface area contributed by atoms with Gasteiger partial charge >= 0.3 is 0 Å². The zero-order valence-electron chi connectivity index (χ0n) is 13.4. The lowest BCUT2D eigenvalue weighted by Crippen LogP contribution is -2.20. The monoisotopic (exact) mass is 356 g/mol. The normalized spacial score (nSPS) is 10.4. The van der Waals surface area contributed by atoms with Crippen LogP contribution in [0.15, 0.2) is 60.8 Å². The lowest BCUT2D eigenvalue weighted by molar-refractivity contribution is -0.116. The summed E-state index contributed by atoms with van der Waals surface area (Å²) in [5.41, 5.74) is 0.701. The number of hydrogen-bond donors (Lipinski definition) is 2. The largest absolute Gasteiger partial charge is 0.324 e. The first-order valence-electron chi connectivity index (χ1n) is 7.65. The Morgan fingerprint density at radius 1 is 0.923 bits per heavy atom. The molecule has 0 spiro atoms. The third kappa shape index (κ3) is 4.50. The zero-order valence-corrected chi connectivity index (χ0v) is 13.4. The van der Waals surface area contributed by atoms with E-state index in [1.54, 1.807) is 12.1 Å². The Labute approximate surface area is 147 Å². The van der Waals surface area contributed by atoms with Gasteiger partial charge in [-0.3, -0.25) is 14.3 Å². The number of hydrogen-bond acceptors (Lipinski definition) is 3. The van der Waals surface area contributed by atoms with Gasteiger partial charge in [0.15, 0.2) is 5.69 Å². The summed E-state index contributed by atoms with van der Waals surface area (Å²) in [6.07, 6.45) is 1.46. The predicted molar refractivity (Wildman–Crippen MR) is 91.6 cm³/mol. The number of anilines is 2. The molecule has 2 aromatic carbocycles. The fourth-order valence-corrected chi connectivity index (χ4v) is 2.25. The minimum atomic E-state index is -0.528. The van der Waals surface area contributed by atoms with Crippen molar-refractivity contribution in [1.29, 1.82) is 0 Å². The second kappa shape index (κ2) is 7.56. The summed E-state index contributed by atoms with van der Waals surface area (Å²) in [7, 11) is 0. The number of carbonyl (C=O) groups is 2. The standard InChI is InChI=1S/C18H14F2N4O2/c19-12-3-1-5-14(9-12)21-17(25)11-24-8-7-16(23-24)18(26)22-15-6-2-4-13(20)10-15/h1-10H,11H2,(H,21,25)(H,22,26). The molecule has 0 fully saturated rings. The maximum atomic E-state index is 13.1. The van der Waals surface area contributed by atoms with E-state index in [1.807, 2.05) is 0 Å². The molecule has 0 atom stereocenters. The summed E-state index contributed by atoms with van der Waals surface area (Å²) in [5, 5.41) is 9.05. The lowest BCUT2D eigenvalue weighted by Gasteiger charge is -2.05. The van der Waals surface area contributed by atoms with E-state index in [9.17, 15) is 18.4 Å². The summed E-state index contributed by atoms with van der Waals surface area (Å²) in [6, 6.07) is 12.4. The first kappa shape index (κ1) is 17.3. The van der Waals surface area contributed by atoms with Crippen molar-refractivity contribution >= 4 is 23.2 Å². The number of halogens is 2. The number of nitrogens with one attached hydrogen (secondary N) is 2. The van der Waals surface area contributed by atoms with Crippen molar-refractivity contribution in [2.24, 2.45) is 0 Å². The van der Waals surface area contributed by atoms with Crippen molar-refractivity contribution in [3.63, 3.8) is 0 Å². The van der Waals surface area contributed by atoms with Crippen LogP contribution < -0.4 is 10.6 Å². The van der Waals surface area contributed by atoms with Crippen molar-refractivity contribution in [3.8, 4) is 0 Å². The molecule has 2 N–H and O–H groups in total. The molecule has 8 heteroatoms. The van der Waals surface area contributed by atoms with E-state index in [0.29, 0.717) is 11.4 Å². The van der Waals surface area contributed by atoms with Gasteiger partial charge in [0.2, 0.25) is 5.91 Å². The highest BCUT2D eigenvalue weighted by atomic mass is 19.1. The smallest absolute Gasteiger partial charge is 0.276 e. The van der Waals surface area contributed by atoms with E-state index < -0.39 is 23.4 Å². The number of benzene rings is 2. The highest BCUT2D eigenvalue weighted by molar-refractivity contribution is 6.02. The molecule has 3 rings (SSSR count). The van der Waals surface area contributed by atoms with Gasteiger partial charge in [-0.25, -0.2) is 8.78 Å². The molecule has 0 saturated carbocycles. The van der Waals surface area contributed by atoms with E-state index in [1.165, 1.54) is 53.3 Å². The van der Waals surface area contributed by atoms with Crippen molar-refractivity contribution < 1.29 is 18.4 Å². The number of rotatable bonds is 5. The zero-order chi connectivity index (χ0) is 18.5. The van der Waals surface area contributed by atoms with Gasteiger partial charge in [0, 0.05) is 17.6 Å². The van der Waals surface area contributed by atoms with Gasteiger partial charge in [-0.05, 0) is 42.5 Å². The Bertz CT molecular complexity index is 956. The van der Waals surface area contributed by atoms with Crippen LogP contribution in [-0.4, -0.2) is 21.6 Å². The molecule has 6 nitrogen and oxygen atoms in total. The summed E-state index contributed by atoms with van der Waals surface area (Å²) >= 11 is 0. The quantitative estimate of drug-likeness (QED) is 0.738. The molecule has 1 aromatic heterocycles. The Hall–Kier alpha value is -3.55. The summed E-state index contributed by atoms with van der Waals surface area (Å²) in [5.74, 6) is -1.88. The number of nitrogens with zero attached hydrogens (tertiary/aromatic N) is 2. The summed E-state index contributed by atoms with van der Waals surface area (Å²) < 4.78 is 27.5. The highest BCUT2D eigenvalue weighted by Gasteiger charge is 2.12. The summed E-state index contributed by atoms with van der Waals surface area (Å²) in [4.78, 5) is 24.1. The molecule has 0 radical (unpaired) electrons. The van der Waals surface area contributed by atoms with E-state index in [-0.39, 0.29) is 12.2 Å². The maximum absolute atomic E-state index is 13.1. The highest BCUT2D eigenvalue weighted by Crippen LogP contribution is 2.11. The maximum Gasteiger partial charge on any atom is 0.276 e. The molecule has 0 unspecified atom stereocenters. The van der Waals surface area contributed by atoms with E-state index in [4.69, 9.17) is 0 Å². The Kier molecular flexibility index (Phi) is 5.02. The minimum Gasteiger partial charge on any atom is -0.324 e. The topological polar surface area (TPSA) is 76.0 Å². The van der Waals surface area contributed by atoms with Crippen molar-refractivity contribution in [2.75, 3.05) is 10.6 Å². The SMILES string of the molecule is O=C(Cn1ccc(C(=O)Nc2cccc(F)c2)n1)Nc1cccc(F)c1. The van der Waals surface area contributed by atoms with Crippen LogP contribution in [0.3, 0.4) is 0 Å². The van der Waals surface area contributed by atoms with Crippen LogP contribution in [0.2, 0.25) is 0 Å². The molecule has 1 heterocycles. The van der Waals surface area contributed by atoms with Crippen LogP contribution in [0.4, 0.5) is 20.2 Å². The van der Waals surface area contributed by atoms with E-state index in [0.717, 1.165) is 0 Å². The van der Waals surface area contributed by atoms with Gasteiger partial charge in [-0.2, -0.15) is 5.10 Å². The predicted octanol–water partition coefficient (Wildman–Crippen LogP) is 3.05. The first-order valence-corrected chi connectivity index (χ1v) is 7.65. The average molecular weight is 356 g/mol. The molecular formula is C18H14F2N4O2. The van der Waals surface area contributed by atoms with Crippen LogP contribution in [-0.2, 0) is 11.3 Å². The molecule has 0 bridgehead atoms. The molecule has 132 valence electrons. The molecule has 2 amide bonds. The fourth-order valence-electron chi connectivity index (χ4n) is 2.25. The van der Waals surface area contributed by atoms with Crippen LogP contribution >= 0.6 is 0 Å². The molecule has 0 saturated heterocycles. The molecule has 3 aromatic rings. The van der Waals surface area contributed by atoms with Crippen LogP contribution in [0, 0.1) is 11.6 Å². The van der Waals surface area contributed by atoms with Gasteiger partial charge < -0.3 is 10.6 Å². The molecule has 0 aliphatic heterocycles. The second-order valence-corrected chi connectivity index (χ2v) is 5.42. The average Bonchev–Trinajstić information content (AvgIpc) is 3.03. The minimum absolute atomic E-state index is 0.0767. The third-order valence-corrected chi connectivity index (χ3v) is 3.37. The van der Waals surface area contributed by atoms with E-state index in [2.05, 4.69) is 15.7 Å². The molecule has 26 heavy (non-hydrogen) atoms. The fraction of sp³-hybridized carbons (Fsp3) is 0.0556. The van der Waals surface area contributed by atoms with Gasteiger partial charge in [0.25, 0.3) is 5.91 Å². The first-order chi connectivity index (χ1) is 12.5. The third-order valence-electron chi connectivity index (χ3n) is 3.37. The van der Waals surface area contributed by atoms with Gasteiger partial charge in [0.05, 0.1) is 0 Å². The number of carbonyl (C=O) groups excluding carboxylic acids is 2. The van der Waals surface area contributed by atoms with Crippen LogP contribution in [0.5, 0.6) is 0 Å². The molecule has 0 aliphatic carbocycles. The molecular weight excluding hydrogens is 342 g/mol. The van der Waals surface area contributed by atoms with Crippen molar-refractivity contribution in [3.05, 3.63) is 78.1 Å².